The lowest BCUT2D eigenvalue weighted by molar-refractivity contribution is -0.169. The van der Waals surface area contributed by atoms with Crippen LogP contribution in [-0.2, 0) is 36.8 Å². The van der Waals surface area contributed by atoms with Gasteiger partial charge in [0.15, 0.2) is 5.69 Å². The molecule has 3 N–H and O–H groups in total. The molecule has 0 aliphatic rings. The van der Waals surface area contributed by atoms with E-state index in [1.54, 1.807) is 62.4 Å². The average Bonchev–Trinajstić information content (AvgIpc) is 3.61. The molecule has 0 saturated carbocycles. The van der Waals surface area contributed by atoms with Crippen LogP contribution in [0.2, 0.25) is 5.02 Å². The van der Waals surface area contributed by atoms with E-state index in [9.17, 15) is 23.6 Å². The molecule has 48 heavy (non-hydrogen) atoms. The summed E-state index contributed by atoms with van der Waals surface area (Å²) in [6.07, 6.45) is -1.01. The van der Waals surface area contributed by atoms with Crippen LogP contribution in [0.25, 0.3) is 11.1 Å². The zero-order valence-electron chi connectivity index (χ0n) is 26.4. The van der Waals surface area contributed by atoms with Crippen LogP contribution in [0.4, 0.5) is 9.18 Å². The lowest BCUT2D eigenvalue weighted by atomic mass is 9.96. The first kappa shape index (κ1) is 35.6. The van der Waals surface area contributed by atoms with Crippen molar-refractivity contribution in [2.75, 3.05) is 0 Å². The molecule has 252 valence electrons. The lowest BCUT2D eigenvalue weighted by Gasteiger charge is -2.25. The number of amides is 2. The zero-order chi connectivity index (χ0) is 34.6. The van der Waals surface area contributed by atoms with E-state index in [1.807, 2.05) is 6.07 Å². The molecule has 0 saturated heterocycles. The minimum Gasteiger partial charge on any atom is -0.459 e. The maximum absolute atomic E-state index is 14.5. The van der Waals surface area contributed by atoms with Crippen LogP contribution < -0.4 is 10.6 Å². The standard InChI is InChI=1S/C34H35ClFN5O7/c1-20(2)32(43)47-21(3)48-34(45)39-29(33(44)46-19-23-7-5-4-6-8-23)17-26(38-31(42)30-18-37-41-40-30)15-22-9-11-24(12-10-22)27-16-25(35)13-14-28(27)36/h4-14,16,18,20-21,26,29H,15,17,19H2,1-3H3,(H,38,42)(H,39,45)(H,37,40,41). The number of hydrogen-bond donors (Lipinski definition) is 3. The van der Waals surface area contributed by atoms with Crippen LogP contribution in [0.3, 0.4) is 0 Å². The number of hydrogen-bond acceptors (Lipinski definition) is 9. The van der Waals surface area contributed by atoms with Crippen molar-refractivity contribution < 1.29 is 37.8 Å². The Labute approximate surface area is 281 Å². The summed E-state index contributed by atoms with van der Waals surface area (Å²) in [7, 11) is 0. The van der Waals surface area contributed by atoms with E-state index in [0.717, 1.165) is 5.56 Å². The Hall–Kier alpha value is -5.30. The van der Waals surface area contributed by atoms with Gasteiger partial charge in [-0.25, -0.2) is 14.0 Å². The van der Waals surface area contributed by atoms with Gasteiger partial charge in [0.05, 0.1) is 12.1 Å². The number of H-pyrrole nitrogens is 1. The van der Waals surface area contributed by atoms with Crippen molar-refractivity contribution in [3.8, 4) is 11.1 Å². The second-order valence-electron chi connectivity index (χ2n) is 11.1. The van der Waals surface area contributed by atoms with Crippen molar-refractivity contribution in [1.29, 1.82) is 0 Å². The Morgan fingerprint density at radius 2 is 1.62 bits per heavy atom. The SMILES string of the molecule is CC(OC(=O)NC(CC(Cc1ccc(-c2cc(Cl)ccc2F)cc1)NC(=O)c1cn[nH]n1)C(=O)OCc1ccccc1)OC(=O)C(C)C. The van der Waals surface area contributed by atoms with Crippen molar-refractivity contribution >= 4 is 35.5 Å². The van der Waals surface area contributed by atoms with Crippen LogP contribution in [-0.4, -0.2) is 57.7 Å². The number of alkyl carbamates (subject to hydrolysis) is 1. The molecule has 12 nitrogen and oxygen atoms in total. The summed E-state index contributed by atoms with van der Waals surface area (Å²) in [5, 5.41) is 15.6. The summed E-state index contributed by atoms with van der Waals surface area (Å²) in [4.78, 5) is 51.3. The summed E-state index contributed by atoms with van der Waals surface area (Å²) in [5.74, 6) is -2.84. The number of nitrogens with zero attached hydrogens (tertiary/aromatic N) is 2. The molecule has 0 radical (unpaired) electrons. The molecule has 3 atom stereocenters. The molecular formula is C34H35ClFN5O7. The molecule has 0 fully saturated rings. The molecule has 4 aromatic rings. The highest BCUT2D eigenvalue weighted by atomic mass is 35.5. The van der Waals surface area contributed by atoms with Gasteiger partial charge < -0.3 is 24.8 Å². The summed E-state index contributed by atoms with van der Waals surface area (Å²) in [6.45, 7) is 4.55. The maximum Gasteiger partial charge on any atom is 0.410 e. The molecule has 4 rings (SSSR count). The third-order valence-electron chi connectivity index (χ3n) is 7.01. The van der Waals surface area contributed by atoms with E-state index in [2.05, 4.69) is 26.0 Å². The second kappa shape index (κ2) is 17.0. The second-order valence-corrected chi connectivity index (χ2v) is 11.6. The van der Waals surface area contributed by atoms with E-state index >= 15 is 0 Å². The Balaban J connectivity index is 1.55. The number of carbonyl (C=O) groups is 4. The third kappa shape index (κ3) is 10.6. The minimum atomic E-state index is -1.31. The molecule has 3 aromatic carbocycles. The molecule has 0 aliphatic carbocycles. The largest absolute Gasteiger partial charge is 0.459 e. The van der Waals surface area contributed by atoms with Crippen molar-refractivity contribution in [3.63, 3.8) is 0 Å². The highest BCUT2D eigenvalue weighted by molar-refractivity contribution is 6.30. The number of aromatic nitrogens is 3. The van der Waals surface area contributed by atoms with Crippen LogP contribution in [0, 0.1) is 11.7 Å². The summed E-state index contributed by atoms with van der Waals surface area (Å²) < 4.78 is 30.3. The summed E-state index contributed by atoms with van der Waals surface area (Å²) >= 11 is 6.07. The van der Waals surface area contributed by atoms with Crippen LogP contribution in [0.5, 0.6) is 0 Å². The van der Waals surface area contributed by atoms with Crippen molar-refractivity contribution in [3.05, 3.63) is 107 Å². The predicted octanol–water partition coefficient (Wildman–Crippen LogP) is 5.38. The van der Waals surface area contributed by atoms with Gasteiger partial charge >= 0.3 is 18.0 Å². The number of esters is 2. The number of halogens is 2. The first-order chi connectivity index (χ1) is 23.0. The molecule has 14 heteroatoms. The van der Waals surface area contributed by atoms with Gasteiger partial charge in [-0.3, -0.25) is 9.59 Å². The normalized spacial score (nSPS) is 12.8. The van der Waals surface area contributed by atoms with Gasteiger partial charge in [0.1, 0.15) is 18.5 Å². The van der Waals surface area contributed by atoms with Gasteiger partial charge in [-0.05, 0) is 47.7 Å². The fraction of sp³-hybridized carbons (Fsp3) is 0.294. The van der Waals surface area contributed by atoms with Gasteiger partial charge in [-0.1, -0.05) is 80.0 Å². The minimum absolute atomic E-state index is 0.00291. The van der Waals surface area contributed by atoms with E-state index in [0.29, 0.717) is 21.7 Å². The van der Waals surface area contributed by atoms with E-state index in [1.165, 1.54) is 31.3 Å². The Morgan fingerprint density at radius 3 is 2.29 bits per heavy atom. The number of rotatable bonds is 14. The van der Waals surface area contributed by atoms with Crippen molar-refractivity contribution in [2.24, 2.45) is 5.92 Å². The number of ether oxygens (including phenoxy) is 3. The third-order valence-corrected chi connectivity index (χ3v) is 7.24. The van der Waals surface area contributed by atoms with Crippen molar-refractivity contribution in [1.82, 2.24) is 26.0 Å². The van der Waals surface area contributed by atoms with Gasteiger partial charge in [0, 0.05) is 23.6 Å². The average molecular weight is 680 g/mol. The molecular weight excluding hydrogens is 645 g/mol. The molecule has 0 spiro atoms. The van der Waals surface area contributed by atoms with Crippen LogP contribution in [0.15, 0.2) is 79.0 Å². The molecule has 1 heterocycles. The first-order valence-electron chi connectivity index (χ1n) is 15.1. The molecule has 2 amide bonds. The number of carbonyl (C=O) groups excluding carboxylic acids is 4. The van der Waals surface area contributed by atoms with E-state index in [-0.39, 0.29) is 25.1 Å². The highest BCUT2D eigenvalue weighted by Crippen LogP contribution is 2.27. The molecule has 0 aliphatic heterocycles. The quantitative estimate of drug-likeness (QED) is 0.117. The Kier molecular flexibility index (Phi) is 12.6. The van der Waals surface area contributed by atoms with Gasteiger partial charge in [-0.2, -0.15) is 15.4 Å². The maximum atomic E-state index is 14.5. The smallest absolute Gasteiger partial charge is 0.410 e. The van der Waals surface area contributed by atoms with Crippen LogP contribution >= 0.6 is 11.6 Å². The number of nitrogens with one attached hydrogen (secondary N) is 3. The molecule has 1 aromatic heterocycles. The first-order valence-corrected chi connectivity index (χ1v) is 15.5. The fourth-order valence-electron chi connectivity index (χ4n) is 4.57. The fourth-order valence-corrected chi connectivity index (χ4v) is 4.74. The summed E-state index contributed by atoms with van der Waals surface area (Å²) in [5.41, 5.74) is 2.35. The Morgan fingerprint density at radius 1 is 0.896 bits per heavy atom. The topological polar surface area (TPSA) is 162 Å². The zero-order valence-corrected chi connectivity index (χ0v) is 27.2. The monoisotopic (exact) mass is 679 g/mol. The van der Waals surface area contributed by atoms with Crippen molar-refractivity contribution in [2.45, 2.75) is 58.6 Å². The number of aromatic amines is 1. The lowest BCUT2D eigenvalue weighted by Crippen LogP contribution is -2.48. The summed E-state index contributed by atoms with van der Waals surface area (Å²) in [6, 6.07) is 18.0. The highest BCUT2D eigenvalue weighted by Gasteiger charge is 2.30. The number of benzene rings is 3. The van der Waals surface area contributed by atoms with E-state index in [4.69, 9.17) is 25.8 Å². The van der Waals surface area contributed by atoms with E-state index < -0.39 is 54.0 Å². The van der Waals surface area contributed by atoms with Crippen LogP contribution in [0.1, 0.15) is 48.8 Å². The van der Waals surface area contributed by atoms with Gasteiger partial charge in [-0.15, -0.1) is 0 Å². The molecule has 0 bridgehead atoms. The van der Waals surface area contributed by atoms with Gasteiger partial charge in [0.25, 0.3) is 5.91 Å². The predicted molar refractivity (Wildman–Crippen MR) is 173 cm³/mol. The Bertz CT molecular complexity index is 1690. The van der Waals surface area contributed by atoms with Gasteiger partial charge in [0.2, 0.25) is 6.29 Å². The molecule has 3 unspecified atom stereocenters.